The third-order valence-corrected chi connectivity index (χ3v) is 3.26. The first-order valence-corrected chi connectivity index (χ1v) is 6.91. The molecule has 0 spiro atoms. The number of hydrogen-bond acceptors (Lipinski definition) is 2. The Balaban J connectivity index is 1.78. The van der Waals surface area contributed by atoms with E-state index in [9.17, 15) is 0 Å². The Kier molecular flexibility index (Phi) is 5.14. The molecule has 0 amide bonds. The van der Waals surface area contributed by atoms with Gasteiger partial charge < -0.3 is 10.3 Å². The van der Waals surface area contributed by atoms with Crippen LogP contribution in [0, 0.1) is 11.3 Å². The number of benzene rings is 1. The fourth-order valence-electron chi connectivity index (χ4n) is 2.13. The van der Waals surface area contributed by atoms with Crippen LogP contribution in [0.4, 0.5) is 0 Å². The second-order valence-corrected chi connectivity index (χ2v) is 4.91. The molecular formula is C18H19N3. The lowest BCUT2D eigenvalue weighted by molar-refractivity contribution is 0.737. The molecule has 0 fully saturated rings. The van der Waals surface area contributed by atoms with E-state index < -0.39 is 0 Å². The number of H-pyrrole nitrogens is 1. The van der Waals surface area contributed by atoms with Gasteiger partial charge in [0, 0.05) is 29.2 Å². The molecule has 1 aromatic carbocycles. The van der Waals surface area contributed by atoms with Crippen LogP contribution in [0.15, 0.2) is 66.9 Å². The van der Waals surface area contributed by atoms with Crippen LogP contribution in [0.25, 0.3) is 10.9 Å². The molecule has 0 saturated heterocycles. The van der Waals surface area contributed by atoms with Gasteiger partial charge in [-0.05, 0) is 36.2 Å². The predicted molar refractivity (Wildman–Crippen MR) is 87.9 cm³/mol. The van der Waals surface area contributed by atoms with Crippen molar-refractivity contribution >= 4 is 10.9 Å². The quantitative estimate of drug-likeness (QED) is 0.462. The van der Waals surface area contributed by atoms with Crippen molar-refractivity contribution in [2.75, 3.05) is 13.1 Å². The predicted octanol–water partition coefficient (Wildman–Crippen LogP) is 3.49. The summed E-state index contributed by atoms with van der Waals surface area (Å²) < 4.78 is 0. The highest BCUT2D eigenvalue weighted by atomic mass is 14.8. The van der Waals surface area contributed by atoms with E-state index in [-0.39, 0.29) is 0 Å². The van der Waals surface area contributed by atoms with Gasteiger partial charge in [0.05, 0.1) is 6.07 Å². The van der Waals surface area contributed by atoms with Gasteiger partial charge >= 0.3 is 0 Å². The average Bonchev–Trinajstić information content (AvgIpc) is 2.92. The van der Waals surface area contributed by atoms with E-state index in [2.05, 4.69) is 47.9 Å². The van der Waals surface area contributed by atoms with Crippen LogP contribution in [0.3, 0.4) is 0 Å². The highest BCUT2D eigenvalue weighted by Gasteiger charge is 2.01. The molecule has 0 aliphatic carbocycles. The van der Waals surface area contributed by atoms with E-state index >= 15 is 0 Å². The molecule has 21 heavy (non-hydrogen) atoms. The summed E-state index contributed by atoms with van der Waals surface area (Å²) in [5, 5.41) is 13.2. The average molecular weight is 277 g/mol. The third-order valence-electron chi connectivity index (χ3n) is 3.26. The van der Waals surface area contributed by atoms with Crippen LogP contribution in [-0.4, -0.2) is 18.1 Å². The van der Waals surface area contributed by atoms with Crippen LogP contribution in [0.1, 0.15) is 5.56 Å². The van der Waals surface area contributed by atoms with E-state index in [1.165, 1.54) is 16.5 Å². The van der Waals surface area contributed by atoms with E-state index in [0.29, 0.717) is 12.1 Å². The number of aromatic nitrogens is 1. The van der Waals surface area contributed by atoms with Crippen molar-refractivity contribution in [3.63, 3.8) is 0 Å². The molecule has 106 valence electrons. The molecule has 0 saturated carbocycles. The summed E-state index contributed by atoms with van der Waals surface area (Å²) in [6, 6.07) is 10.3. The first-order valence-electron chi connectivity index (χ1n) is 6.91. The van der Waals surface area contributed by atoms with Gasteiger partial charge in [-0.25, -0.2) is 0 Å². The van der Waals surface area contributed by atoms with Crippen molar-refractivity contribution in [3.05, 3.63) is 72.5 Å². The van der Waals surface area contributed by atoms with E-state index in [0.717, 1.165) is 18.5 Å². The molecule has 3 nitrogen and oxygen atoms in total. The van der Waals surface area contributed by atoms with Crippen LogP contribution < -0.4 is 5.32 Å². The van der Waals surface area contributed by atoms with Crippen LogP contribution in [0.2, 0.25) is 0 Å². The number of fused-ring (bicyclic) bond motifs is 1. The van der Waals surface area contributed by atoms with Crippen molar-refractivity contribution in [1.82, 2.24) is 10.3 Å². The molecule has 1 aromatic heterocycles. The normalized spacial score (nSPS) is 10.8. The number of allylic oxidation sites excluding steroid dienone is 2. The second-order valence-electron chi connectivity index (χ2n) is 4.91. The standard InChI is InChI=1S/C18H19N3/c1-14(11-19)7-8-15(2)12-20-10-9-16-13-21-18-6-4-3-5-17(16)18/h3-8,13,20-21H,1-2,9-10,12H2/b8-7-. The summed E-state index contributed by atoms with van der Waals surface area (Å²) in [5.74, 6) is 0. The molecule has 2 aromatic rings. The topological polar surface area (TPSA) is 51.6 Å². The maximum atomic E-state index is 8.60. The molecule has 0 radical (unpaired) electrons. The lowest BCUT2D eigenvalue weighted by Crippen LogP contribution is -2.19. The molecule has 1 heterocycles. The minimum atomic E-state index is 0.440. The molecule has 3 heteroatoms. The van der Waals surface area contributed by atoms with Gasteiger partial charge in [-0.2, -0.15) is 5.26 Å². The summed E-state index contributed by atoms with van der Waals surface area (Å²) in [6.45, 7) is 9.12. The number of aromatic amines is 1. The molecule has 0 bridgehead atoms. The van der Waals surface area contributed by atoms with E-state index in [1.54, 1.807) is 6.08 Å². The molecule has 0 aliphatic heterocycles. The van der Waals surface area contributed by atoms with Crippen molar-refractivity contribution in [1.29, 1.82) is 5.26 Å². The fourth-order valence-corrected chi connectivity index (χ4v) is 2.13. The minimum Gasteiger partial charge on any atom is -0.361 e. The largest absolute Gasteiger partial charge is 0.361 e. The molecule has 0 atom stereocenters. The smallest absolute Gasteiger partial charge is 0.0985 e. The second kappa shape index (κ2) is 7.28. The monoisotopic (exact) mass is 277 g/mol. The number of rotatable bonds is 7. The Labute approximate surface area is 125 Å². The van der Waals surface area contributed by atoms with Crippen molar-refractivity contribution in [2.45, 2.75) is 6.42 Å². The number of hydrogen-bond donors (Lipinski definition) is 2. The Morgan fingerprint density at radius 3 is 2.90 bits per heavy atom. The maximum absolute atomic E-state index is 8.60. The van der Waals surface area contributed by atoms with E-state index in [4.69, 9.17) is 5.26 Å². The molecule has 2 rings (SSSR count). The molecule has 2 N–H and O–H groups in total. The molecule has 0 unspecified atom stereocenters. The maximum Gasteiger partial charge on any atom is 0.0985 e. The summed E-state index contributed by atoms with van der Waals surface area (Å²) in [6.07, 6.45) is 6.54. The van der Waals surface area contributed by atoms with Gasteiger partial charge in [0.2, 0.25) is 0 Å². The summed E-state index contributed by atoms with van der Waals surface area (Å²) in [4.78, 5) is 3.28. The lowest BCUT2D eigenvalue weighted by Gasteiger charge is -2.04. The Morgan fingerprint density at radius 1 is 1.29 bits per heavy atom. The SMILES string of the molecule is C=C(C#N)/C=C\C(=C)CNCCc1c[nH]c2ccccc12. The number of para-hydroxylation sites is 1. The first-order chi connectivity index (χ1) is 10.2. The lowest BCUT2D eigenvalue weighted by atomic mass is 10.1. The zero-order valence-corrected chi connectivity index (χ0v) is 12.0. The zero-order valence-electron chi connectivity index (χ0n) is 12.0. The number of nitrogens with one attached hydrogen (secondary N) is 2. The van der Waals surface area contributed by atoms with Gasteiger partial charge in [0.15, 0.2) is 0 Å². The van der Waals surface area contributed by atoms with Gasteiger partial charge in [0.1, 0.15) is 0 Å². The summed E-state index contributed by atoms with van der Waals surface area (Å²) >= 11 is 0. The Bertz CT molecular complexity index is 713. The zero-order chi connectivity index (χ0) is 15.1. The highest BCUT2D eigenvalue weighted by Crippen LogP contribution is 2.17. The van der Waals surface area contributed by atoms with Crippen molar-refractivity contribution in [2.24, 2.45) is 0 Å². The van der Waals surface area contributed by atoms with Gasteiger partial charge in [-0.15, -0.1) is 0 Å². The van der Waals surface area contributed by atoms with Gasteiger partial charge in [0.25, 0.3) is 0 Å². The van der Waals surface area contributed by atoms with Gasteiger partial charge in [-0.3, -0.25) is 0 Å². The van der Waals surface area contributed by atoms with Crippen molar-refractivity contribution in [3.8, 4) is 6.07 Å². The Morgan fingerprint density at radius 2 is 2.10 bits per heavy atom. The minimum absolute atomic E-state index is 0.440. The van der Waals surface area contributed by atoms with Crippen molar-refractivity contribution < 1.29 is 0 Å². The van der Waals surface area contributed by atoms with Crippen LogP contribution >= 0.6 is 0 Å². The Hall–Kier alpha value is -2.57. The van der Waals surface area contributed by atoms with Crippen LogP contribution in [0.5, 0.6) is 0 Å². The number of nitriles is 1. The fraction of sp³-hybridized carbons (Fsp3) is 0.167. The highest BCUT2D eigenvalue weighted by molar-refractivity contribution is 5.83. The van der Waals surface area contributed by atoms with E-state index in [1.807, 2.05) is 18.2 Å². The number of nitrogens with zero attached hydrogens (tertiary/aromatic N) is 1. The summed E-state index contributed by atoms with van der Waals surface area (Å²) in [5.41, 5.74) is 3.87. The first kappa shape index (κ1) is 14.8. The molecular weight excluding hydrogens is 258 g/mol. The third kappa shape index (κ3) is 4.20. The van der Waals surface area contributed by atoms with Crippen LogP contribution in [-0.2, 0) is 6.42 Å². The summed E-state index contributed by atoms with van der Waals surface area (Å²) in [7, 11) is 0. The van der Waals surface area contributed by atoms with Gasteiger partial charge in [-0.1, -0.05) is 37.4 Å². The molecule has 0 aliphatic rings.